The predicted octanol–water partition coefficient (Wildman–Crippen LogP) is 3.51. The van der Waals surface area contributed by atoms with Crippen LogP contribution in [-0.2, 0) is 6.54 Å². The zero-order valence-electron chi connectivity index (χ0n) is 13.1. The van der Waals surface area contributed by atoms with Crippen LogP contribution < -0.4 is 10.1 Å². The van der Waals surface area contributed by atoms with Gasteiger partial charge in [-0.15, -0.1) is 0 Å². The third kappa shape index (κ3) is 2.96. The molecule has 0 saturated heterocycles. The summed E-state index contributed by atoms with van der Waals surface area (Å²) in [6.45, 7) is 9.57. The number of fused-ring (bicyclic) bond motifs is 1. The molecule has 1 aromatic carbocycles. The number of rotatable bonds is 6. The Hall–Kier alpha value is -1.55. The normalized spacial score (nSPS) is 13.1. The van der Waals surface area contributed by atoms with Crippen molar-refractivity contribution in [3.05, 3.63) is 24.0 Å². The average Bonchev–Trinajstić information content (AvgIpc) is 2.81. The molecule has 0 amide bonds. The first-order valence-corrected chi connectivity index (χ1v) is 7.35. The molecule has 1 atom stereocenters. The van der Waals surface area contributed by atoms with Gasteiger partial charge in [-0.1, -0.05) is 6.92 Å². The third-order valence-corrected chi connectivity index (χ3v) is 3.71. The van der Waals surface area contributed by atoms with E-state index < -0.39 is 0 Å². The van der Waals surface area contributed by atoms with E-state index in [1.54, 1.807) is 7.11 Å². The smallest absolute Gasteiger partial charge is 0.124 e. The van der Waals surface area contributed by atoms with Gasteiger partial charge >= 0.3 is 0 Å². The number of nitrogens with zero attached hydrogens (tertiary/aromatic N) is 2. The Kier molecular flexibility index (Phi) is 4.65. The Bertz CT molecular complexity index is 574. The maximum atomic E-state index is 5.28. The average molecular weight is 275 g/mol. The minimum atomic E-state index is 0.391. The second kappa shape index (κ2) is 6.27. The van der Waals surface area contributed by atoms with E-state index >= 15 is 0 Å². The van der Waals surface area contributed by atoms with E-state index in [4.69, 9.17) is 9.72 Å². The molecule has 0 aliphatic rings. The van der Waals surface area contributed by atoms with E-state index in [9.17, 15) is 0 Å². The summed E-state index contributed by atoms with van der Waals surface area (Å²) >= 11 is 0. The van der Waals surface area contributed by atoms with Crippen molar-refractivity contribution in [2.45, 2.75) is 52.7 Å². The van der Waals surface area contributed by atoms with E-state index in [1.807, 2.05) is 12.1 Å². The minimum Gasteiger partial charge on any atom is -0.497 e. The van der Waals surface area contributed by atoms with Gasteiger partial charge in [-0.2, -0.15) is 0 Å². The third-order valence-electron chi connectivity index (χ3n) is 3.71. The maximum absolute atomic E-state index is 5.28. The molecular formula is C16H25N3O. The quantitative estimate of drug-likeness (QED) is 0.876. The summed E-state index contributed by atoms with van der Waals surface area (Å²) in [5, 5.41) is 3.52. The Balaban J connectivity index is 2.39. The summed E-state index contributed by atoms with van der Waals surface area (Å²) < 4.78 is 7.58. The highest BCUT2D eigenvalue weighted by molar-refractivity contribution is 5.78. The van der Waals surface area contributed by atoms with Crippen molar-refractivity contribution >= 4 is 11.0 Å². The lowest BCUT2D eigenvalue weighted by molar-refractivity contribution is 0.415. The van der Waals surface area contributed by atoms with Gasteiger partial charge in [0.25, 0.3) is 0 Å². The molecule has 20 heavy (non-hydrogen) atoms. The number of hydrogen-bond donors (Lipinski definition) is 1. The second-order valence-corrected chi connectivity index (χ2v) is 5.54. The number of ether oxygens (including phenoxy) is 1. The van der Waals surface area contributed by atoms with Gasteiger partial charge in [0, 0.05) is 18.2 Å². The molecule has 0 spiro atoms. The maximum Gasteiger partial charge on any atom is 0.124 e. The number of nitrogens with one attached hydrogen (secondary N) is 1. The highest BCUT2D eigenvalue weighted by atomic mass is 16.5. The molecule has 0 saturated carbocycles. The zero-order valence-corrected chi connectivity index (χ0v) is 13.1. The lowest BCUT2D eigenvalue weighted by atomic mass is 10.2. The number of aromatic nitrogens is 2. The van der Waals surface area contributed by atoms with Gasteiger partial charge in [0.05, 0.1) is 24.7 Å². The van der Waals surface area contributed by atoms with Gasteiger partial charge in [-0.3, -0.25) is 0 Å². The fourth-order valence-corrected chi connectivity index (χ4v) is 2.37. The molecule has 2 aromatic rings. The lowest BCUT2D eigenvalue weighted by Crippen LogP contribution is -2.26. The summed E-state index contributed by atoms with van der Waals surface area (Å²) in [7, 11) is 1.69. The molecular weight excluding hydrogens is 250 g/mol. The largest absolute Gasteiger partial charge is 0.497 e. The fourth-order valence-electron chi connectivity index (χ4n) is 2.37. The summed E-state index contributed by atoms with van der Waals surface area (Å²) in [6, 6.07) is 6.98. The molecule has 110 valence electrons. The van der Waals surface area contributed by atoms with E-state index in [0.717, 1.165) is 30.1 Å². The highest BCUT2D eigenvalue weighted by Crippen LogP contribution is 2.25. The van der Waals surface area contributed by atoms with Crippen molar-refractivity contribution in [2.24, 2.45) is 0 Å². The van der Waals surface area contributed by atoms with Crippen molar-refractivity contribution in [1.29, 1.82) is 0 Å². The molecule has 0 aliphatic carbocycles. The second-order valence-electron chi connectivity index (χ2n) is 5.54. The van der Waals surface area contributed by atoms with Gasteiger partial charge < -0.3 is 14.6 Å². The molecule has 0 fully saturated rings. The SMILES string of the molecule is CCC(C)NCc1nc2cc(OC)ccc2n1C(C)C. The van der Waals surface area contributed by atoms with Crippen LogP contribution in [0.4, 0.5) is 0 Å². The summed E-state index contributed by atoms with van der Waals surface area (Å²) in [5.74, 6) is 1.94. The van der Waals surface area contributed by atoms with Crippen molar-refractivity contribution in [3.63, 3.8) is 0 Å². The zero-order chi connectivity index (χ0) is 14.7. The first kappa shape index (κ1) is 14.9. The van der Waals surface area contributed by atoms with Crippen LogP contribution in [0.15, 0.2) is 18.2 Å². The van der Waals surface area contributed by atoms with Crippen molar-refractivity contribution in [2.75, 3.05) is 7.11 Å². The predicted molar refractivity (Wildman–Crippen MR) is 83.3 cm³/mol. The Morgan fingerprint density at radius 2 is 2.05 bits per heavy atom. The van der Waals surface area contributed by atoms with Crippen LogP contribution in [0.3, 0.4) is 0 Å². The highest BCUT2D eigenvalue weighted by Gasteiger charge is 2.14. The Labute approximate surface area is 121 Å². The molecule has 0 radical (unpaired) electrons. The van der Waals surface area contributed by atoms with Gasteiger partial charge in [-0.25, -0.2) is 4.98 Å². The Morgan fingerprint density at radius 1 is 1.30 bits per heavy atom. The van der Waals surface area contributed by atoms with E-state index in [-0.39, 0.29) is 0 Å². The number of benzene rings is 1. The van der Waals surface area contributed by atoms with Gasteiger partial charge in [-0.05, 0) is 39.3 Å². The molecule has 1 unspecified atom stereocenters. The molecule has 0 bridgehead atoms. The van der Waals surface area contributed by atoms with Gasteiger partial charge in [0.2, 0.25) is 0 Å². The molecule has 1 heterocycles. The van der Waals surface area contributed by atoms with Crippen LogP contribution in [0.2, 0.25) is 0 Å². The van der Waals surface area contributed by atoms with E-state index in [1.165, 1.54) is 5.52 Å². The monoisotopic (exact) mass is 275 g/mol. The van der Waals surface area contributed by atoms with E-state index in [0.29, 0.717) is 12.1 Å². The topological polar surface area (TPSA) is 39.1 Å². The van der Waals surface area contributed by atoms with Crippen LogP contribution in [0, 0.1) is 0 Å². The van der Waals surface area contributed by atoms with Gasteiger partial charge in [0.1, 0.15) is 11.6 Å². The van der Waals surface area contributed by atoms with Crippen molar-refractivity contribution in [1.82, 2.24) is 14.9 Å². The molecule has 4 nitrogen and oxygen atoms in total. The summed E-state index contributed by atoms with van der Waals surface area (Å²) in [4.78, 5) is 4.77. The lowest BCUT2D eigenvalue weighted by Gasteiger charge is -2.15. The van der Waals surface area contributed by atoms with Gasteiger partial charge in [0.15, 0.2) is 0 Å². The van der Waals surface area contributed by atoms with Crippen molar-refractivity contribution < 1.29 is 4.74 Å². The fraction of sp³-hybridized carbons (Fsp3) is 0.562. The minimum absolute atomic E-state index is 0.391. The van der Waals surface area contributed by atoms with Crippen LogP contribution >= 0.6 is 0 Å². The first-order valence-electron chi connectivity index (χ1n) is 7.35. The molecule has 1 aromatic heterocycles. The Morgan fingerprint density at radius 3 is 2.65 bits per heavy atom. The number of imidazole rings is 1. The summed E-state index contributed by atoms with van der Waals surface area (Å²) in [5.41, 5.74) is 2.17. The molecule has 0 aliphatic heterocycles. The number of methoxy groups -OCH3 is 1. The van der Waals surface area contributed by atoms with Crippen LogP contribution in [0.1, 0.15) is 46.0 Å². The van der Waals surface area contributed by atoms with Crippen molar-refractivity contribution in [3.8, 4) is 5.75 Å². The van der Waals surface area contributed by atoms with E-state index in [2.05, 4.69) is 43.6 Å². The first-order chi connectivity index (χ1) is 9.56. The standard InChI is InChI=1S/C16H25N3O/c1-6-12(4)17-10-16-18-14-9-13(20-5)7-8-15(14)19(16)11(2)3/h7-9,11-12,17H,6,10H2,1-5H3. The van der Waals surface area contributed by atoms with Crippen LogP contribution in [-0.4, -0.2) is 22.7 Å². The molecule has 4 heteroatoms. The van der Waals surface area contributed by atoms with Crippen LogP contribution in [0.5, 0.6) is 5.75 Å². The number of hydrogen-bond acceptors (Lipinski definition) is 3. The molecule has 2 rings (SSSR count). The summed E-state index contributed by atoms with van der Waals surface area (Å²) in [6.07, 6.45) is 1.12. The van der Waals surface area contributed by atoms with Crippen LogP contribution in [0.25, 0.3) is 11.0 Å². The molecule has 1 N–H and O–H groups in total.